The number of rotatable bonds is 12. The van der Waals surface area contributed by atoms with Crippen LogP contribution in [0.15, 0.2) is 60.7 Å². The lowest BCUT2D eigenvalue weighted by Gasteiger charge is -2.28. The summed E-state index contributed by atoms with van der Waals surface area (Å²) in [6, 6.07) is 18.4. The van der Waals surface area contributed by atoms with Crippen molar-refractivity contribution >= 4 is 23.6 Å². The molecule has 0 unspecified atom stereocenters. The van der Waals surface area contributed by atoms with E-state index in [2.05, 4.69) is 10.6 Å². The molecule has 202 valence electrons. The number of methoxy groups -OCH3 is 1. The second-order valence-corrected chi connectivity index (χ2v) is 9.63. The molecule has 2 aromatic carbocycles. The Kier molecular flexibility index (Phi) is 13.9. The predicted octanol–water partition coefficient (Wildman–Crippen LogP) is 3.83. The lowest BCUT2D eigenvalue weighted by atomic mass is 9.81. The van der Waals surface area contributed by atoms with E-state index in [1.54, 1.807) is 7.11 Å². The van der Waals surface area contributed by atoms with Gasteiger partial charge in [-0.25, -0.2) is 0 Å². The first-order valence-electron chi connectivity index (χ1n) is 12.3. The van der Waals surface area contributed by atoms with Crippen molar-refractivity contribution in [2.45, 2.75) is 60.3 Å². The summed E-state index contributed by atoms with van der Waals surface area (Å²) in [7, 11) is 1.70. The molecule has 2 aromatic rings. The summed E-state index contributed by atoms with van der Waals surface area (Å²) in [6.45, 7) is 8.68. The van der Waals surface area contributed by atoms with Crippen LogP contribution in [0.4, 0.5) is 0 Å². The van der Waals surface area contributed by atoms with Crippen molar-refractivity contribution in [1.29, 1.82) is 0 Å². The van der Waals surface area contributed by atoms with E-state index in [1.165, 1.54) is 26.3 Å². The van der Waals surface area contributed by atoms with Crippen LogP contribution in [-0.2, 0) is 41.9 Å². The van der Waals surface area contributed by atoms with Crippen LogP contribution < -0.4 is 10.6 Å². The Hall–Kier alpha value is -3.52. The van der Waals surface area contributed by atoms with Crippen LogP contribution in [-0.4, -0.2) is 43.3 Å². The number of ketones is 1. The first-order valence-corrected chi connectivity index (χ1v) is 12.3. The van der Waals surface area contributed by atoms with Gasteiger partial charge in [-0.05, 0) is 37.3 Å². The molecule has 2 rings (SSSR count). The van der Waals surface area contributed by atoms with Gasteiger partial charge in [0.15, 0.2) is 5.78 Å². The molecule has 8 heteroatoms. The van der Waals surface area contributed by atoms with Crippen LogP contribution in [0.5, 0.6) is 0 Å². The molecule has 0 spiro atoms. The van der Waals surface area contributed by atoms with E-state index in [1.807, 2.05) is 74.5 Å². The number of amides is 2. The lowest BCUT2D eigenvalue weighted by Crippen LogP contribution is -2.51. The molecule has 0 aromatic heterocycles. The molecule has 37 heavy (non-hydrogen) atoms. The van der Waals surface area contributed by atoms with E-state index in [9.17, 15) is 19.2 Å². The van der Waals surface area contributed by atoms with Gasteiger partial charge in [0.25, 0.3) is 0 Å². The minimum absolute atomic E-state index is 0.0696. The molecule has 0 saturated carbocycles. The largest absolute Gasteiger partial charge is 0.460 e. The number of Topliss-reactive ketones (excluding diaryl/α,β-unsaturated/α-hetero) is 1. The molecule has 1 atom stereocenters. The number of hydrogen-bond donors (Lipinski definition) is 2. The molecule has 0 bridgehead atoms. The van der Waals surface area contributed by atoms with Gasteiger partial charge in [-0.15, -0.1) is 0 Å². The fraction of sp³-hybridized carbons (Fsp3) is 0.448. The summed E-state index contributed by atoms with van der Waals surface area (Å²) in [6.07, 6.45) is 0.375. The standard InChI is InChI=1S/C21H30N2O5.C8H10O/c1-14(2)11-17(23-18(25)12-22-15(3)24)19(26)21(4,5)20(27)28-13-16-9-7-6-8-10-16;1-9-7-8-5-3-2-4-6-8/h6-10,14,17H,11-13H2,1-5H3,(H,22,24)(H,23,25);2-6H,7H2,1H3/t17-;/m0./s1. The second-order valence-electron chi connectivity index (χ2n) is 9.63. The van der Waals surface area contributed by atoms with Gasteiger partial charge in [0.1, 0.15) is 12.0 Å². The highest BCUT2D eigenvalue weighted by molar-refractivity contribution is 6.06. The van der Waals surface area contributed by atoms with Crippen molar-refractivity contribution in [2.75, 3.05) is 13.7 Å². The third-order valence-electron chi connectivity index (χ3n) is 5.35. The summed E-state index contributed by atoms with van der Waals surface area (Å²) in [5.41, 5.74) is 0.622. The minimum Gasteiger partial charge on any atom is -0.460 e. The number of hydrogen-bond acceptors (Lipinski definition) is 6. The number of benzene rings is 2. The Bertz CT molecular complexity index is 990. The van der Waals surface area contributed by atoms with Gasteiger partial charge in [-0.2, -0.15) is 0 Å². The molecule has 0 aliphatic carbocycles. The van der Waals surface area contributed by atoms with Crippen LogP contribution in [0.25, 0.3) is 0 Å². The van der Waals surface area contributed by atoms with Gasteiger partial charge < -0.3 is 20.1 Å². The molecule has 0 saturated heterocycles. The summed E-state index contributed by atoms with van der Waals surface area (Å²) < 4.78 is 10.3. The third kappa shape index (κ3) is 12.3. The van der Waals surface area contributed by atoms with Crippen molar-refractivity contribution in [2.24, 2.45) is 11.3 Å². The highest BCUT2D eigenvalue weighted by Gasteiger charge is 2.42. The second kappa shape index (κ2) is 16.3. The average molecular weight is 513 g/mol. The fourth-order valence-electron chi connectivity index (χ4n) is 3.33. The van der Waals surface area contributed by atoms with E-state index in [0.717, 1.165) is 5.56 Å². The van der Waals surface area contributed by atoms with E-state index >= 15 is 0 Å². The molecule has 0 radical (unpaired) electrons. The van der Waals surface area contributed by atoms with Crippen LogP contribution in [0, 0.1) is 11.3 Å². The van der Waals surface area contributed by atoms with Gasteiger partial charge >= 0.3 is 5.97 Å². The highest BCUT2D eigenvalue weighted by atomic mass is 16.5. The zero-order chi connectivity index (χ0) is 27.8. The van der Waals surface area contributed by atoms with Crippen molar-refractivity contribution in [3.05, 3.63) is 71.8 Å². The van der Waals surface area contributed by atoms with Gasteiger partial charge in [-0.1, -0.05) is 74.5 Å². The molecular weight excluding hydrogens is 472 g/mol. The molecule has 0 aliphatic heterocycles. The maximum atomic E-state index is 13.0. The van der Waals surface area contributed by atoms with Crippen molar-refractivity contribution in [3.63, 3.8) is 0 Å². The Balaban J connectivity index is 0.000000635. The van der Waals surface area contributed by atoms with Crippen LogP contribution in [0.3, 0.4) is 0 Å². The van der Waals surface area contributed by atoms with Crippen molar-refractivity contribution in [1.82, 2.24) is 10.6 Å². The first kappa shape index (κ1) is 31.5. The number of carbonyl (C=O) groups excluding carboxylic acids is 4. The maximum absolute atomic E-state index is 13.0. The SMILES string of the molecule is CC(=O)NCC(=O)N[C@@H](CC(C)C)C(=O)C(C)(C)C(=O)OCc1ccccc1.COCc1ccccc1. The topological polar surface area (TPSA) is 111 Å². The van der Waals surface area contributed by atoms with Crippen LogP contribution in [0.1, 0.15) is 52.2 Å². The van der Waals surface area contributed by atoms with E-state index in [4.69, 9.17) is 9.47 Å². The lowest BCUT2D eigenvalue weighted by molar-refractivity contribution is -0.160. The van der Waals surface area contributed by atoms with Gasteiger partial charge in [0.05, 0.1) is 19.2 Å². The summed E-state index contributed by atoms with van der Waals surface area (Å²) in [4.78, 5) is 48.6. The predicted molar refractivity (Wildman–Crippen MR) is 142 cm³/mol. The molecule has 2 amide bonds. The summed E-state index contributed by atoms with van der Waals surface area (Å²) in [5.74, 6) is -1.78. The highest BCUT2D eigenvalue weighted by Crippen LogP contribution is 2.24. The molecule has 0 aliphatic rings. The van der Waals surface area contributed by atoms with E-state index < -0.39 is 29.1 Å². The minimum atomic E-state index is -1.42. The van der Waals surface area contributed by atoms with Crippen molar-refractivity contribution in [3.8, 4) is 0 Å². The maximum Gasteiger partial charge on any atom is 0.319 e. The first-order chi connectivity index (χ1) is 17.5. The molecular formula is C29H40N2O6. The summed E-state index contributed by atoms with van der Waals surface area (Å²) in [5, 5.41) is 5.02. The molecule has 8 nitrogen and oxygen atoms in total. The monoisotopic (exact) mass is 512 g/mol. The van der Waals surface area contributed by atoms with E-state index in [-0.39, 0.29) is 25.0 Å². The Morgan fingerprint density at radius 2 is 1.38 bits per heavy atom. The Labute approximate surface area is 220 Å². The van der Waals surface area contributed by atoms with E-state index in [0.29, 0.717) is 13.0 Å². The molecule has 0 fully saturated rings. The smallest absolute Gasteiger partial charge is 0.319 e. The van der Waals surface area contributed by atoms with Crippen molar-refractivity contribution < 1.29 is 28.7 Å². The Morgan fingerprint density at radius 1 is 0.865 bits per heavy atom. The average Bonchev–Trinajstić information content (AvgIpc) is 2.86. The zero-order valence-electron chi connectivity index (χ0n) is 22.7. The quantitative estimate of drug-likeness (QED) is 0.330. The summed E-state index contributed by atoms with van der Waals surface area (Å²) >= 11 is 0. The number of esters is 1. The molecule has 2 N–H and O–H groups in total. The fourth-order valence-corrected chi connectivity index (χ4v) is 3.33. The van der Waals surface area contributed by atoms with Gasteiger partial charge in [-0.3, -0.25) is 19.2 Å². The van der Waals surface area contributed by atoms with Gasteiger partial charge in [0, 0.05) is 14.0 Å². The van der Waals surface area contributed by atoms with Crippen LogP contribution in [0.2, 0.25) is 0 Å². The Morgan fingerprint density at radius 3 is 1.84 bits per heavy atom. The van der Waals surface area contributed by atoms with Crippen LogP contribution >= 0.6 is 0 Å². The third-order valence-corrected chi connectivity index (χ3v) is 5.35. The normalized spacial score (nSPS) is 11.5. The van der Waals surface area contributed by atoms with Gasteiger partial charge in [0.2, 0.25) is 11.8 Å². The molecule has 0 heterocycles. The number of ether oxygens (including phenoxy) is 2. The number of carbonyl (C=O) groups is 4. The number of nitrogens with one attached hydrogen (secondary N) is 2. The zero-order valence-corrected chi connectivity index (χ0v) is 22.7.